The van der Waals surface area contributed by atoms with Crippen LogP contribution in [0.25, 0.3) is 0 Å². The van der Waals surface area contributed by atoms with Crippen molar-refractivity contribution < 1.29 is 13.5 Å². The van der Waals surface area contributed by atoms with Crippen LogP contribution in [0.2, 0.25) is 0 Å². The second kappa shape index (κ2) is 5.69. The van der Waals surface area contributed by atoms with E-state index in [1.165, 1.54) is 12.1 Å². The molecule has 2 atom stereocenters. The predicted molar refractivity (Wildman–Crippen MR) is 82.3 cm³/mol. The lowest BCUT2D eigenvalue weighted by atomic mass is 10.00. The number of aryl methyl sites for hydroxylation is 1. The average Bonchev–Trinajstić information content (AvgIpc) is 2.82. The van der Waals surface area contributed by atoms with Gasteiger partial charge in [0.05, 0.1) is 0 Å². The zero-order valence-electron chi connectivity index (χ0n) is 12.7. The minimum atomic E-state index is -1.59. The van der Waals surface area contributed by atoms with Gasteiger partial charge < -0.3 is 4.74 Å². The van der Waals surface area contributed by atoms with Gasteiger partial charge in [-0.1, -0.05) is 24.3 Å². The lowest BCUT2D eigenvalue weighted by Gasteiger charge is -2.30. The van der Waals surface area contributed by atoms with E-state index in [1.54, 1.807) is 13.1 Å². The summed E-state index contributed by atoms with van der Waals surface area (Å²) in [4.78, 5) is 0. The molecule has 0 fully saturated rings. The van der Waals surface area contributed by atoms with E-state index in [-0.39, 0.29) is 18.7 Å². The molecular formula is C18H19F2NO. The van der Waals surface area contributed by atoms with E-state index in [1.807, 2.05) is 31.2 Å². The number of ether oxygens (including phenoxy) is 1. The third-order valence-electron chi connectivity index (χ3n) is 4.21. The van der Waals surface area contributed by atoms with Gasteiger partial charge in [-0.25, -0.2) is 8.78 Å². The highest BCUT2D eigenvalue weighted by atomic mass is 19.1. The summed E-state index contributed by atoms with van der Waals surface area (Å²) in [7, 11) is 1.67. The summed E-state index contributed by atoms with van der Waals surface area (Å²) in [5, 5.41) is 2.92. The number of rotatable bonds is 4. The van der Waals surface area contributed by atoms with Gasteiger partial charge in [0.25, 0.3) is 0 Å². The van der Waals surface area contributed by atoms with Crippen LogP contribution < -0.4 is 10.1 Å². The topological polar surface area (TPSA) is 21.3 Å². The molecule has 22 heavy (non-hydrogen) atoms. The van der Waals surface area contributed by atoms with Crippen LogP contribution in [0.4, 0.5) is 8.78 Å². The maximum Gasteiger partial charge on any atom is 0.184 e. The number of alkyl halides is 1. The molecule has 1 aliphatic rings. The van der Waals surface area contributed by atoms with Crippen molar-refractivity contribution in [1.29, 1.82) is 0 Å². The molecule has 0 heterocycles. The number of para-hydroxylation sites is 1. The van der Waals surface area contributed by atoms with Crippen LogP contribution in [0.1, 0.15) is 16.7 Å². The van der Waals surface area contributed by atoms with Crippen molar-refractivity contribution in [3.8, 4) is 5.75 Å². The van der Waals surface area contributed by atoms with Gasteiger partial charge >= 0.3 is 0 Å². The number of fused-ring (bicyclic) bond motifs is 1. The predicted octanol–water partition coefficient (Wildman–Crippen LogP) is 3.57. The fraction of sp³-hybridized carbons (Fsp3) is 0.333. The number of halogens is 2. The zero-order chi connectivity index (χ0) is 15.7. The molecule has 2 aromatic carbocycles. The minimum Gasteiger partial charge on any atom is -0.472 e. The standard InChI is InChI=1S/C18H19F2NO/c1-12-5-3-4-6-16(12)22-17(21-2)18(20)10-13-7-8-15(19)9-14(13)11-18/h3-9,17,21H,10-11H2,1-2H3. The monoisotopic (exact) mass is 303 g/mol. The lowest BCUT2D eigenvalue weighted by molar-refractivity contribution is -0.00148. The maximum absolute atomic E-state index is 15.4. The highest BCUT2D eigenvalue weighted by Crippen LogP contribution is 2.37. The Morgan fingerprint density at radius 1 is 1.14 bits per heavy atom. The highest BCUT2D eigenvalue weighted by molar-refractivity contribution is 5.37. The van der Waals surface area contributed by atoms with Crippen LogP contribution in [0.3, 0.4) is 0 Å². The molecule has 0 spiro atoms. The molecular weight excluding hydrogens is 284 g/mol. The Bertz CT molecular complexity index is 689. The Kier molecular flexibility index (Phi) is 3.87. The summed E-state index contributed by atoms with van der Waals surface area (Å²) < 4.78 is 34.6. The van der Waals surface area contributed by atoms with Crippen molar-refractivity contribution in [2.45, 2.75) is 31.7 Å². The third-order valence-corrected chi connectivity index (χ3v) is 4.21. The van der Waals surface area contributed by atoms with Crippen molar-refractivity contribution in [2.24, 2.45) is 0 Å². The van der Waals surface area contributed by atoms with Gasteiger partial charge in [0.1, 0.15) is 11.6 Å². The quantitative estimate of drug-likeness (QED) is 0.872. The molecule has 0 amide bonds. The first kappa shape index (κ1) is 15.0. The number of hydrogen-bond acceptors (Lipinski definition) is 2. The largest absolute Gasteiger partial charge is 0.472 e. The molecule has 1 N–H and O–H groups in total. The summed E-state index contributed by atoms with van der Waals surface area (Å²) in [6.45, 7) is 1.92. The molecule has 2 aromatic rings. The molecule has 0 saturated heterocycles. The third kappa shape index (κ3) is 2.71. The summed E-state index contributed by atoms with van der Waals surface area (Å²) in [5.74, 6) is 0.324. The van der Waals surface area contributed by atoms with Gasteiger partial charge in [0, 0.05) is 12.8 Å². The van der Waals surface area contributed by atoms with Gasteiger partial charge in [0.2, 0.25) is 0 Å². The fourth-order valence-electron chi connectivity index (χ4n) is 3.05. The van der Waals surface area contributed by atoms with Gasteiger partial charge in [-0.05, 0) is 48.9 Å². The van der Waals surface area contributed by atoms with Gasteiger partial charge in [-0.2, -0.15) is 0 Å². The van der Waals surface area contributed by atoms with Crippen molar-refractivity contribution in [2.75, 3.05) is 7.05 Å². The van der Waals surface area contributed by atoms with E-state index in [4.69, 9.17) is 4.74 Å². The van der Waals surface area contributed by atoms with Crippen LogP contribution >= 0.6 is 0 Å². The molecule has 2 unspecified atom stereocenters. The van der Waals surface area contributed by atoms with Crippen molar-refractivity contribution >= 4 is 0 Å². The molecule has 0 saturated carbocycles. The summed E-state index contributed by atoms with van der Waals surface area (Å²) in [5.41, 5.74) is 0.925. The second-order valence-corrected chi connectivity index (χ2v) is 5.85. The van der Waals surface area contributed by atoms with Gasteiger partial charge in [-0.3, -0.25) is 5.32 Å². The summed E-state index contributed by atoms with van der Waals surface area (Å²) >= 11 is 0. The van der Waals surface area contributed by atoms with Crippen LogP contribution in [0, 0.1) is 12.7 Å². The molecule has 2 nitrogen and oxygen atoms in total. The van der Waals surface area contributed by atoms with Crippen LogP contribution in [-0.2, 0) is 12.8 Å². The van der Waals surface area contributed by atoms with E-state index in [9.17, 15) is 4.39 Å². The Balaban J connectivity index is 1.84. The number of hydrogen-bond donors (Lipinski definition) is 1. The Morgan fingerprint density at radius 2 is 1.86 bits per heavy atom. The lowest BCUT2D eigenvalue weighted by Crippen LogP contribution is -2.51. The Labute approximate surface area is 129 Å². The van der Waals surface area contributed by atoms with Crippen LogP contribution in [0.5, 0.6) is 5.75 Å². The van der Waals surface area contributed by atoms with Gasteiger partial charge in [-0.15, -0.1) is 0 Å². The molecule has 1 aliphatic carbocycles. The molecule has 0 radical (unpaired) electrons. The molecule has 116 valence electrons. The van der Waals surface area contributed by atoms with Crippen LogP contribution in [-0.4, -0.2) is 18.9 Å². The average molecular weight is 303 g/mol. The number of benzene rings is 2. The van der Waals surface area contributed by atoms with Crippen LogP contribution in [0.15, 0.2) is 42.5 Å². The Morgan fingerprint density at radius 3 is 2.59 bits per heavy atom. The SMILES string of the molecule is CNC(Oc1ccccc1C)C1(F)Cc2ccc(F)cc2C1. The summed E-state index contributed by atoms with van der Waals surface area (Å²) in [6, 6.07) is 12.0. The van der Waals surface area contributed by atoms with Crippen molar-refractivity contribution in [1.82, 2.24) is 5.32 Å². The maximum atomic E-state index is 15.4. The summed E-state index contributed by atoms with van der Waals surface area (Å²) in [6.07, 6.45) is -0.415. The normalized spacial score (nSPS) is 21.5. The molecule has 0 bridgehead atoms. The van der Waals surface area contributed by atoms with E-state index in [0.29, 0.717) is 5.75 Å². The fourth-order valence-corrected chi connectivity index (χ4v) is 3.05. The highest BCUT2D eigenvalue weighted by Gasteiger charge is 2.45. The minimum absolute atomic E-state index is 0.150. The number of nitrogens with one attached hydrogen (secondary N) is 1. The Hall–Kier alpha value is -1.94. The first-order valence-corrected chi connectivity index (χ1v) is 7.37. The first-order chi connectivity index (χ1) is 10.5. The molecule has 0 aliphatic heterocycles. The smallest absolute Gasteiger partial charge is 0.184 e. The second-order valence-electron chi connectivity index (χ2n) is 5.85. The zero-order valence-corrected chi connectivity index (χ0v) is 12.7. The van der Waals surface area contributed by atoms with E-state index in [2.05, 4.69) is 5.32 Å². The molecule has 0 aromatic heterocycles. The molecule has 4 heteroatoms. The van der Waals surface area contributed by atoms with Gasteiger partial charge in [0.15, 0.2) is 11.9 Å². The van der Waals surface area contributed by atoms with E-state index >= 15 is 4.39 Å². The van der Waals surface area contributed by atoms with E-state index in [0.717, 1.165) is 16.7 Å². The van der Waals surface area contributed by atoms with Crippen molar-refractivity contribution in [3.63, 3.8) is 0 Å². The first-order valence-electron chi connectivity index (χ1n) is 7.37. The molecule has 3 rings (SSSR count). The van der Waals surface area contributed by atoms with E-state index < -0.39 is 11.9 Å². The van der Waals surface area contributed by atoms with Crippen molar-refractivity contribution in [3.05, 3.63) is 65.0 Å².